The summed E-state index contributed by atoms with van der Waals surface area (Å²) in [5, 5.41) is 2.49. The van der Waals surface area contributed by atoms with Crippen molar-refractivity contribution >= 4 is 33.5 Å². The minimum Gasteiger partial charge on any atom is -0.456 e. The summed E-state index contributed by atoms with van der Waals surface area (Å²) in [5.41, 5.74) is 7.65. The molecule has 3 nitrogen and oxygen atoms in total. The van der Waals surface area contributed by atoms with Gasteiger partial charge in [-0.15, -0.1) is 0 Å². The molecule has 0 aliphatic rings. The number of furan rings is 1. The smallest absolute Gasteiger partial charge is 0.223 e. The van der Waals surface area contributed by atoms with Crippen molar-refractivity contribution < 1.29 is 4.42 Å². The van der Waals surface area contributed by atoms with Crippen LogP contribution in [0.2, 0.25) is 5.28 Å². The predicted molar refractivity (Wildman–Crippen MR) is 131 cm³/mol. The lowest BCUT2D eigenvalue weighted by Gasteiger charge is -2.08. The molecule has 0 unspecified atom stereocenters. The Morgan fingerprint density at radius 3 is 1.97 bits per heavy atom. The Kier molecular flexibility index (Phi) is 4.48. The largest absolute Gasteiger partial charge is 0.456 e. The van der Waals surface area contributed by atoms with E-state index in [1.54, 1.807) is 0 Å². The van der Waals surface area contributed by atoms with Crippen LogP contribution in [0.15, 0.2) is 108 Å². The Bertz CT molecular complexity index is 1570. The lowest BCUT2D eigenvalue weighted by atomic mass is 9.98. The summed E-state index contributed by atoms with van der Waals surface area (Å²) in [6.07, 6.45) is 0. The number of rotatable bonds is 3. The van der Waals surface area contributed by atoms with Crippen LogP contribution in [-0.4, -0.2) is 9.97 Å². The molecule has 152 valence electrons. The standard InChI is InChI=1S/C28H17ClN2O/c29-28-30-23(19-7-2-1-3-8-19)17-24(31-28)20-15-13-18(14-16-20)21-10-6-12-26-27(21)22-9-4-5-11-25(22)32-26/h1-17H. The Hall–Kier alpha value is -3.95. The van der Waals surface area contributed by atoms with Crippen molar-refractivity contribution in [2.24, 2.45) is 0 Å². The van der Waals surface area contributed by atoms with Gasteiger partial charge in [-0.2, -0.15) is 0 Å². The Labute approximate surface area is 190 Å². The highest BCUT2D eigenvalue weighted by molar-refractivity contribution is 6.28. The summed E-state index contributed by atoms with van der Waals surface area (Å²) in [6, 6.07) is 34.7. The first kappa shape index (κ1) is 18.8. The van der Waals surface area contributed by atoms with Crippen molar-refractivity contribution in [2.75, 3.05) is 0 Å². The van der Waals surface area contributed by atoms with Crippen LogP contribution in [0.1, 0.15) is 0 Å². The Morgan fingerprint density at radius 1 is 0.562 bits per heavy atom. The van der Waals surface area contributed by atoms with Gasteiger partial charge < -0.3 is 4.42 Å². The predicted octanol–water partition coefficient (Wildman–Crippen LogP) is 8.03. The molecule has 0 amide bonds. The van der Waals surface area contributed by atoms with Gasteiger partial charge in [0.2, 0.25) is 5.28 Å². The lowest BCUT2D eigenvalue weighted by molar-refractivity contribution is 0.669. The molecule has 0 bridgehead atoms. The number of hydrogen-bond acceptors (Lipinski definition) is 3. The van der Waals surface area contributed by atoms with Gasteiger partial charge in [-0.1, -0.05) is 84.9 Å². The van der Waals surface area contributed by atoms with Crippen molar-refractivity contribution in [3.63, 3.8) is 0 Å². The molecule has 0 atom stereocenters. The number of nitrogens with zero attached hydrogens (tertiary/aromatic N) is 2. The molecule has 0 spiro atoms. The molecule has 0 saturated heterocycles. The second kappa shape index (κ2) is 7.63. The number of aromatic nitrogens is 2. The van der Waals surface area contributed by atoms with E-state index in [9.17, 15) is 0 Å². The van der Waals surface area contributed by atoms with Crippen LogP contribution in [0.3, 0.4) is 0 Å². The van der Waals surface area contributed by atoms with Crippen molar-refractivity contribution in [1.29, 1.82) is 0 Å². The molecule has 2 aromatic heterocycles. The van der Waals surface area contributed by atoms with Gasteiger partial charge in [-0.25, -0.2) is 9.97 Å². The summed E-state index contributed by atoms with van der Waals surface area (Å²) in [6.45, 7) is 0. The molecule has 0 saturated carbocycles. The maximum absolute atomic E-state index is 6.25. The highest BCUT2D eigenvalue weighted by Gasteiger charge is 2.13. The van der Waals surface area contributed by atoms with Crippen LogP contribution in [0.25, 0.3) is 55.6 Å². The highest BCUT2D eigenvalue weighted by Crippen LogP contribution is 2.37. The topological polar surface area (TPSA) is 38.9 Å². The molecular weight excluding hydrogens is 416 g/mol. The minimum atomic E-state index is 0.236. The van der Waals surface area contributed by atoms with E-state index < -0.39 is 0 Å². The molecule has 0 N–H and O–H groups in total. The second-order valence-electron chi connectivity index (χ2n) is 7.63. The van der Waals surface area contributed by atoms with E-state index in [-0.39, 0.29) is 5.28 Å². The maximum Gasteiger partial charge on any atom is 0.223 e. The van der Waals surface area contributed by atoms with Crippen LogP contribution < -0.4 is 0 Å². The summed E-state index contributed by atoms with van der Waals surface area (Å²) >= 11 is 6.25. The quantitative estimate of drug-likeness (QED) is 0.266. The van der Waals surface area contributed by atoms with E-state index in [1.807, 2.05) is 66.7 Å². The summed E-state index contributed by atoms with van der Waals surface area (Å²) < 4.78 is 6.04. The number of para-hydroxylation sites is 1. The average Bonchev–Trinajstić information content (AvgIpc) is 3.23. The van der Waals surface area contributed by atoms with Crippen molar-refractivity contribution in [3.05, 3.63) is 108 Å². The Morgan fingerprint density at radius 2 is 1.19 bits per heavy atom. The van der Waals surface area contributed by atoms with Gasteiger partial charge in [0.15, 0.2) is 0 Å². The van der Waals surface area contributed by atoms with Gasteiger partial charge in [-0.3, -0.25) is 0 Å². The van der Waals surface area contributed by atoms with Crippen LogP contribution in [0, 0.1) is 0 Å². The fourth-order valence-electron chi connectivity index (χ4n) is 4.16. The van der Waals surface area contributed by atoms with E-state index in [0.29, 0.717) is 0 Å². The van der Waals surface area contributed by atoms with Crippen molar-refractivity contribution in [1.82, 2.24) is 9.97 Å². The molecule has 0 radical (unpaired) electrons. The number of halogens is 1. The lowest BCUT2D eigenvalue weighted by Crippen LogP contribution is -1.92. The zero-order chi connectivity index (χ0) is 21.5. The van der Waals surface area contributed by atoms with Crippen LogP contribution >= 0.6 is 11.6 Å². The van der Waals surface area contributed by atoms with E-state index in [4.69, 9.17) is 16.0 Å². The van der Waals surface area contributed by atoms with Crippen molar-refractivity contribution in [3.8, 4) is 33.6 Å². The van der Waals surface area contributed by atoms with Crippen LogP contribution in [-0.2, 0) is 0 Å². The third-order valence-corrected chi connectivity index (χ3v) is 5.83. The fraction of sp³-hybridized carbons (Fsp3) is 0. The van der Waals surface area contributed by atoms with E-state index >= 15 is 0 Å². The maximum atomic E-state index is 6.25. The highest BCUT2D eigenvalue weighted by atomic mass is 35.5. The third-order valence-electron chi connectivity index (χ3n) is 5.66. The molecule has 32 heavy (non-hydrogen) atoms. The number of benzene rings is 4. The zero-order valence-corrected chi connectivity index (χ0v) is 17.8. The fourth-order valence-corrected chi connectivity index (χ4v) is 4.34. The average molecular weight is 433 g/mol. The molecule has 6 rings (SSSR count). The summed E-state index contributed by atoms with van der Waals surface area (Å²) in [4.78, 5) is 8.85. The van der Waals surface area contributed by atoms with Crippen LogP contribution in [0.5, 0.6) is 0 Å². The second-order valence-corrected chi connectivity index (χ2v) is 7.97. The van der Waals surface area contributed by atoms with Crippen molar-refractivity contribution in [2.45, 2.75) is 0 Å². The van der Waals surface area contributed by atoms with Gasteiger partial charge in [0.25, 0.3) is 0 Å². The summed E-state index contributed by atoms with van der Waals surface area (Å²) in [5.74, 6) is 0. The molecular formula is C28H17ClN2O. The normalized spacial score (nSPS) is 11.3. The zero-order valence-electron chi connectivity index (χ0n) is 17.0. The molecule has 0 aliphatic carbocycles. The number of fused-ring (bicyclic) bond motifs is 3. The first-order valence-electron chi connectivity index (χ1n) is 10.4. The third kappa shape index (κ3) is 3.24. The van der Waals surface area contributed by atoms with Gasteiger partial charge in [-0.05, 0) is 40.9 Å². The molecule has 2 heterocycles. The van der Waals surface area contributed by atoms with Gasteiger partial charge in [0.1, 0.15) is 11.2 Å². The van der Waals surface area contributed by atoms with Gasteiger partial charge in [0.05, 0.1) is 11.4 Å². The number of hydrogen-bond donors (Lipinski definition) is 0. The van der Waals surface area contributed by atoms with E-state index in [0.717, 1.165) is 55.6 Å². The first-order valence-corrected chi connectivity index (χ1v) is 10.8. The van der Waals surface area contributed by atoms with E-state index in [1.165, 1.54) is 0 Å². The molecule has 0 aliphatic heterocycles. The molecule has 4 heteroatoms. The van der Waals surface area contributed by atoms with E-state index in [2.05, 4.69) is 46.4 Å². The monoisotopic (exact) mass is 432 g/mol. The first-order chi connectivity index (χ1) is 15.8. The molecule has 6 aromatic rings. The molecule has 0 fully saturated rings. The SMILES string of the molecule is Clc1nc(-c2ccccc2)cc(-c2ccc(-c3cccc4oc5ccccc5c34)cc2)n1. The van der Waals surface area contributed by atoms with Gasteiger partial charge in [0, 0.05) is 21.9 Å². The van der Waals surface area contributed by atoms with Gasteiger partial charge >= 0.3 is 0 Å². The van der Waals surface area contributed by atoms with Crippen LogP contribution in [0.4, 0.5) is 0 Å². The summed E-state index contributed by atoms with van der Waals surface area (Å²) in [7, 11) is 0. The Balaban J connectivity index is 1.44. The molecule has 4 aromatic carbocycles. The minimum absolute atomic E-state index is 0.236.